The molecule has 0 bridgehead atoms. The fraction of sp³-hybridized carbons (Fsp3) is 0.647. The van der Waals surface area contributed by atoms with E-state index in [2.05, 4.69) is 5.32 Å². The minimum atomic E-state index is -0.453. The molecule has 1 aromatic rings. The third-order valence-electron chi connectivity index (χ3n) is 5.04. The summed E-state index contributed by atoms with van der Waals surface area (Å²) in [5.74, 6) is -0.263. The third kappa shape index (κ3) is 3.05. The quantitative estimate of drug-likeness (QED) is 0.894. The van der Waals surface area contributed by atoms with Crippen LogP contribution in [-0.4, -0.2) is 25.2 Å². The molecule has 1 saturated carbocycles. The van der Waals surface area contributed by atoms with Gasteiger partial charge in [0.2, 0.25) is 0 Å². The topological polar surface area (TPSA) is 15.3 Å². The number of piperazine rings is 1. The van der Waals surface area contributed by atoms with Crippen molar-refractivity contribution >= 4 is 5.69 Å². The molecule has 0 radical (unpaired) electrons. The molecule has 0 aromatic heterocycles. The van der Waals surface area contributed by atoms with Crippen molar-refractivity contribution in [2.45, 2.75) is 51.1 Å². The number of rotatable bonds is 2. The van der Waals surface area contributed by atoms with E-state index in [9.17, 15) is 8.78 Å². The fourth-order valence-corrected chi connectivity index (χ4v) is 3.82. The van der Waals surface area contributed by atoms with Gasteiger partial charge in [0.05, 0.1) is 0 Å². The van der Waals surface area contributed by atoms with Crippen molar-refractivity contribution in [3.05, 3.63) is 29.8 Å². The summed E-state index contributed by atoms with van der Waals surface area (Å²) in [6.45, 7) is 3.51. The van der Waals surface area contributed by atoms with Crippen LogP contribution in [0.25, 0.3) is 0 Å². The minimum Gasteiger partial charge on any atom is -0.361 e. The average Bonchev–Trinajstić information content (AvgIpc) is 2.50. The van der Waals surface area contributed by atoms with Gasteiger partial charge in [0, 0.05) is 25.2 Å². The van der Waals surface area contributed by atoms with Gasteiger partial charge in [0.15, 0.2) is 0 Å². The zero-order chi connectivity index (χ0) is 14.8. The molecule has 2 unspecified atom stereocenters. The van der Waals surface area contributed by atoms with Crippen LogP contribution in [0.4, 0.5) is 14.5 Å². The van der Waals surface area contributed by atoms with Crippen molar-refractivity contribution in [3.63, 3.8) is 0 Å². The Morgan fingerprint density at radius 3 is 2.43 bits per heavy atom. The van der Waals surface area contributed by atoms with Crippen LogP contribution < -0.4 is 10.2 Å². The normalized spacial score (nSPS) is 27.9. The van der Waals surface area contributed by atoms with Gasteiger partial charge in [-0.1, -0.05) is 25.3 Å². The van der Waals surface area contributed by atoms with Crippen LogP contribution in [0.5, 0.6) is 0 Å². The molecule has 1 N–H and O–H groups in total. The van der Waals surface area contributed by atoms with E-state index in [0.29, 0.717) is 18.5 Å². The molecule has 1 aliphatic heterocycles. The zero-order valence-corrected chi connectivity index (χ0v) is 12.6. The SMILES string of the molecule is CC1CNC(C2CCCCC2)CN1c1c(F)cccc1F. The van der Waals surface area contributed by atoms with Gasteiger partial charge in [-0.25, -0.2) is 8.78 Å². The van der Waals surface area contributed by atoms with Crippen LogP contribution in [-0.2, 0) is 0 Å². The van der Waals surface area contributed by atoms with E-state index in [1.165, 1.54) is 50.3 Å². The molecule has 3 rings (SSSR count). The number of halogens is 2. The molecule has 1 heterocycles. The minimum absolute atomic E-state index is 0.108. The first-order valence-corrected chi connectivity index (χ1v) is 8.11. The summed E-state index contributed by atoms with van der Waals surface area (Å²) in [5, 5.41) is 3.59. The van der Waals surface area contributed by atoms with Crippen LogP contribution in [0.2, 0.25) is 0 Å². The first-order chi connectivity index (χ1) is 10.2. The number of anilines is 1. The lowest BCUT2D eigenvalue weighted by Crippen LogP contribution is -2.58. The number of nitrogens with one attached hydrogen (secondary N) is 1. The Labute approximate surface area is 125 Å². The Hall–Kier alpha value is -1.16. The lowest BCUT2D eigenvalue weighted by atomic mass is 9.82. The molecule has 116 valence electrons. The summed E-state index contributed by atoms with van der Waals surface area (Å²) in [4.78, 5) is 1.92. The van der Waals surface area contributed by atoms with E-state index >= 15 is 0 Å². The monoisotopic (exact) mass is 294 g/mol. The van der Waals surface area contributed by atoms with Gasteiger partial charge in [0.25, 0.3) is 0 Å². The second-order valence-electron chi connectivity index (χ2n) is 6.48. The van der Waals surface area contributed by atoms with Gasteiger partial charge < -0.3 is 10.2 Å². The Bertz CT molecular complexity index is 465. The number of para-hydroxylation sites is 1. The summed E-state index contributed by atoms with van der Waals surface area (Å²) >= 11 is 0. The number of nitrogens with zero attached hydrogens (tertiary/aromatic N) is 1. The predicted molar refractivity (Wildman–Crippen MR) is 81.5 cm³/mol. The van der Waals surface area contributed by atoms with Crippen molar-refractivity contribution in [2.75, 3.05) is 18.0 Å². The van der Waals surface area contributed by atoms with Crippen LogP contribution in [0.3, 0.4) is 0 Å². The van der Waals surface area contributed by atoms with Crippen molar-refractivity contribution in [3.8, 4) is 0 Å². The van der Waals surface area contributed by atoms with Crippen molar-refractivity contribution in [1.29, 1.82) is 0 Å². The predicted octanol–water partition coefficient (Wildman–Crippen LogP) is 3.71. The van der Waals surface area contributed by atoms with E-state index in [-0.39, 0.29) is 11.7 Å². The zero-order valence-electron chi connectivity index (χ0n) is 12.6. The summed E-state index contributed by atoms with van der Waals surface area (Å²) in [6.07, 6.45) is 6.36. The molecule has 1 saturated heterocycles. The molecule has 0 spiro atoms. The van der Waals surface area contributed by atoms with E-state index in [1.54, 1.807) is 0 Å². The molecule has 21 heavy (non-hydrogen) atoms. The Kier molecular flexibility index (Phi) is 4.43. The summed E-state index contributed by atoms with van der Waals surface area (Å²) in [7, 11) is 0. The van der Waals surface area contributed by atoms with Crippen molar-refractivity contribution < 1.29 is 8.78 Å². The maximum Gasteiger partial charge on any atom is 0.149 e. The second-order valence-corrected chi connectivity index (χ2v) is 6.48. The Morgan fingerprint density at radius 1 is 1.10 bits per heavy atom. The summed E-state index contributed by atoms with van der Waals surface area (Å²) in [5.41, 5.74) is 0.146. The fourth-order valence-electron chi connectivity index (χ4n) is 3.82. The second kappa shape index (κ2) is 6.30. The smallest absolute Gasteiger partial charge is 0.149 e. The van der Waals surface area contributed by atoms with E-state index in [1.807, 2.05) is 11.8 Å². The highest BCUT2D eigenvalue weighted by Crippen LogP contribution is 2.32. The van der Waals surface area contributed by atoms with Gasteiger partial charge in [-0.15, -0.1) is 0 Å². The highest BCUT2D eigenvalue weighted by atomic mass is 19.1. The molecule has 1 aliphatic carbocycles. The maximum atomic E-state index is 14.1. The highest BCUT2D eigenvalue weighted by Gasteiger charge is 2.33. The summed E-state index contributed by atoms with van der Waals surface area (Å²) in [6, 6.07) is 4.59. The molecule has 4 heteroatoms. The molecule has 0 amide bonds. The number of benzene rings is 1. The van der Waals surface area contributed by atoms with E-state index in [4.69, 9.17) is 0 Å². The Morgan fingerprint density at radius 2 is 1.76 bits per heavy atom. The average molecular weight is 294 g/mol. The van der Waals surface area contributed by atoms with Crippen LogP contribution in [0, 0.1) is 17.6 Å². The van der Waals surface area contributed by atoms with E-state index < -0.39 is 11.6 Å². The standard InChI is InChI=1S/C17H24F2N2/c1-12-10-20-16(13-6-3-2-4-7-13)11-21(12)17-14(18)8-5-9-15(17)19/h5,8-9,12-13,16,20H,2-4,6-7,10-11H2,1H3. The molecule has 2 aliphatic rings. The van der Waals surface area contributed by atoms with E-state index in [0.717, 1.165) is 6.54 Å². The van der Waals surface area contributed by atoms with Gasteiger partial charge in [0.1, 0.15) is 17.3 Å². The first kappa shape index (κ1) is 14.8. The first-order valence-electron chi connectivity index (χ1n) is 8.11. The molecule has 1 aromatic carbocycles. The number of hydrogen-bond donors (Lipinski definition) is 1. The van der Waals surface area contributed by atoms with Gasteiger partial charge in [-0.2, -0.15) is 0 Å². The number of hydrogen-bond acceptors (Lipinski definition) is 2. The van der Waals surface area contributed by atoms with Gasteiger partial charge >= 0.3 is 0 Å². The molecular formula is C17H24F2N2. The molecule has 2 atom stereocenters. The maximum absolute atomic E-state index is 14.1. The molecule has 2 fully saturated rings. The summed E-state index contributed by atoms with van der Waals surface area (Å²) < 4.78 is 28.2. The van der Waals surface area contributed by atoms with Gasteiger partial charge in [-0.05, 0) is 37.8 Å². The van der Waals surface area contributed by atoms with Gasteiger partial charge in [-0.3, -0.25) is 0 Å². The third-order valence-corrected chi connectivity index (χ3v) is 5.04. The van der Waals surface area contributed by atoms with Crippen LogP contribution in [0.15, 0.2) is 18.2 Å². The van der Waals surface area contributed by atoms with Crippen LogP contribution >= 0.6 is 0 Å². The molecule has 2 nitrogen and oxygen atoms in total. The largest absolute Gasteiger partial charge is 0.361 e. The van der Waals surface area contributed by atoms with Crippen LogP contribution in [0.1, 0.15) is 39.0 Å². The molecular weight excluding hydrogens is 270 g/mol. The highest BCUT2D eigenvalue weighted by molar-refractivity contribution is 5.50. The van der Waals surface area contributed by atoms with Crippen molar-refractivity contribution in [1.82, 2.24) is 5.32 Å². The lowest BCUT2D eigenvalue weighted by Gasteiger charge is -2.44. The Balaban J connectivity index is 1.80. The lowest BCUT2D eigenvalue weighted by molar-refractivity contribution is 0.243. The van der Waals surface area contributed by atoms with Crippen molar-refractivity contribution in [2.24, 2.45) is 5.92 Å².